The Bertz CT molecular complexity index is 1480. The van der Waals surface area contributed by atoms with Gasteiger partial charge in [0, 0.05) is 36.8 Å². The maximum absolute atomic E-state index is 15.1. The average Bonchev–Trinajstić information content (AvgIpc) is 2.94. The first-order valence-electron chi connectivity index (χ1n) is 11.5. The summed E-state index contributed by atoms with van der Waals surface area (Å²) in [5.41, 5.74) is 2.56. The molecule has 0 unspecified atom stereocenters. The molecule has 192 valence electrons. The minimum Gasteiger partial charge on any atom is -0.497 e. The van der Waals surface area contributed by atoms with Crippen molar-refractivity contribution in [2.24, 2.45) is 0 Å². The molecule has 0 aliphatic heterocycles. The smallest absolute Gasteiger partial charge is 0.247 e. The molecule has 4 aromatic rings. The van der Waals surface area contributed by atoms with Gasteiger partial charge in [0.15, 0.2) is 11.6 Å². The van der Waals surface area contributed by atoms with Gasteiger partial charge in [-0.2, -0.15) is 0 Å². The molecular weight excluding hydrogens is 487 g/mol. The highest BCUT2D eigenvalue weighted by Crippen LogP contribution is 2.38. The Balaban J connectivity index is 1.63. The highest BCUT2D eigenvalue weighted by Gasteiger charge is 2.18. The van der Waals surface area contributed by atoms with Crippen molar-refractivity contribution >= 4 is 40.8 Å². The van der Waals surface area contributed by atoms with E-state index in [1.165, 1.54) is 17.0 Å². The predicted molar refractivity (Wildman–Crippen MR) is 145 cm³/mol. The van der Waals surface area contributed by atoms with Crippen LogP contribution in [-0.4, -0.2) is 31.5 Å². The zero-order valence-electron chi connectivity index (χ0n) is 20.8. The van der Waals surface area contributed by atoms with Gasteiger partial charge in [0.1, 0.15) is 11.5 Å². The van der Waals surface area contributed by atoms with Gasteiger partial charge >= 0.3 is 0 Å². The minimum atomic E-state index is -0.569. The standard InChI is InChI=1S/C29H25FN4O4/c1-4-29(36)32-20-7-5-8-22(15-20)34(19-35)26-13-14-31-18-27(26)33(2)21-11-12-28(25(30)16-21)38-24-10-6-9-23(17-24)37-3/h4-19H,1H2,2-3H3,(H,32,36). The van der Waals surface area contributed by atoms with Crippen molar-refractivity contribution in [2.45, 2.75) is 0 Å². The number of amides is 2. The summed E-state index contributed by atoms with van der Waals surface area (Å²) in [6.07, 6.45) is 4.95. The van der Waals surface area contributed by atoms with Gasteiger partial charge in [0.05, 0.1) is 30.4 Å². The van der Waals surface area contributed by atoms with Gasteiger partial charge in [-0.25, -0.2) is 4.39 Å². The zero-order valence-corrected chi connectivity index (χ0v) is 20.8. The molecule has 0 atom stereocenters. The molecule has 1 aromatic heterocycles. The molecule has 0 spiro atoms. The van der Waals surface area contributed by atoms with Crippen LogP contribution in [0.25, 0.3) is 0 Å². The van der Waals surface area contributed by atoms with Crippen molar-refractivity contribution in [3.05, 3.63) is 104 Å². The number of aromatic nitrogens is 1. The summed E-state index contributed by atoms with van der Waals surface area (Å²) in [6.45, 7) is 3.45. The van der Waals surface area contributed by atoms with E-state index in [0.717, 1.165) is 6.08 Å². The van der Waals surface area contributed by atoms with Crippen molar-refractivity contribution in [3.63, 3.8) is 0 Å². The van der Waals surface area contributed by atoms with Gasteiger partial charge in [0.25, 0.3) is 0 Å². The van der Waals surface area contributed by atoms with Gasteiger partial charge in [-0.1, -0.05) is 18.7 Å². The molecule has 1 N–H and O–H groups in total. The second-order valence-electron chi connectivity index (χ2n) is 8.04. The number of methoxy groups -OCH3 is 1. The van der Waals surface area contributed by atoms with Crippen molar-refractivity contribution in [1.82, 2.24) is 4.98 Å². The summed E-state index contributed by atoms with van der Waals surface area (Å²) in [7, 11) is 3.28. The Morgan fingerprint density at radius 3 is 2.53 bits per heavy atom. The molecule has 9 heteroatoms. The Hall–Kier alpha value is -5.18. The lowest BCUT2D eigenvalue weighted by Crippen LogP contribution is -2.19. The number of anilines is 5. The number of nitrogens with one attached hydrogen (secondary N) is 1. The average molecular weight is 513 g/mol. The van der Waals surface area contributed by atoms with E-state index in [0.29, 0.717) is 46.3 Å². The van der Waals surface area contributed by atoms with E-state index in [1.54, 1.807) is 92.1 Å². The molecule has 8 nitrogen and oxygen atoms in total. The van der Waals surface area contributed by atoms with Crippen LogP contribution in [-0.2, 0) is 9.59 Å². The molecule has 0 aliphatic carbocycles. The number of pyridine rings is 1. The Morgan fingerprint density at radius 2 is 1.79 bits per heavy atom. The fraction of sp³-hybridized carbons (Fsp3) is 0.0690. The van der Waals surface area contributed by atoms with E-state index in [1.807, 2.05) is 0 Å². The summed E-state index contributed by atoms with van der Waals surface area (Å²) in [5.74, 6) is 0.143. The summed E-state index contributed by atoms with van der Waals surface area (Å²) in [6, 6.07) is 19.9. The number of ether oxygens (including phenoxy) is 2. The highest BCUT2D eigenvalue weighted by atomic mass is 19.1. The van der Waals surface area contributed by atoms with Crippen molar-refractivity contribution in [2.75, 3.05) is 29.3 Å². The third-order valence-electron chi connectivity index (χ3n) is 5.65. The third kappa shape index (κ3) is 5.79. The molecule has 0 radical (unpaired) electrons. The monoisotopic (exact) mass is 512 g/mol. The van der Waals surface area contributed by atoms with Crippen LogP contribution in [0.4, 0.5) is 32.8 Å². The molecular formula is C29H25FN4O4. The van der Waals surface area contributed by atoms with Crippen LogP contribution in [0.2, 0.25) is 0 Å². The maximum Gasteiger partial charge on any atom is 0.247 e. The largest absolute Gasteiger partial charge is 0.497 e. The topological polar surface area (TPSA) is 84.0 Å². The van der Waals surface area contributed by atoms with E-state index in [9.17, 15) is 9.59 Å². The van der Waals surface area contributed by atoms with Gasteiger partial charge in [-0.05, 0) is 54.6 Å². The van der Waals surface area contributed by atoms with E-state index < -0.39 is 5.82 Å². The second-order valence-corrected chi connectivity index (χ2v) is 8.04. The molecule has 0 saturated carbocycles. The van der Waals surface area contributed by atoms with E-state index in [4.69, 9.17) is 9.47 Å². The minimum absolute atomic E-state index is 0.0507. The number of hydrogen-bond acceptors (Lipinski definition) is 6. The Kier molecular flexibility index (Phi) is 7.98. The fourth-order valence-electron chi connectivity index (χ4n) is 3.74. The molecule has 1 heterocycles. The quantitative estimate of drug-likeness (QED) is 0.201. The predicted octanol–water partition coefficient (Wildman–Crippen LogP) is 6.21. The molecule has 0 aliphatic rings. The van der Waals surface area contributed by atoms with Gasteiger partial charge in [-0.3, -0.25) is 19.5 Å². The summed E-state index contributed by atoms with van der Waals surface area (Å²) in [5, 5.41) is 2.68. The number of rotatable bonds is 10. The lowest BCUT2D eigenvalue weighted by atomic mass is 10.2. The van der Waals surface area contributed by atoms with Crippen LogP contribution >= 0.6 is 0 Å². The lowest BCUT2D eigenvalue weighted by Gasteiger charge is -2.27. The molecule has 3 aromatic carbocycles. The fourth-order valence-corrected chi connectivity index (χ4v) is 3.74. The second kappa shape index (κ2) is 11.7. The first-order valence-corrected chi connectivity index (χ1v) is 11.5. The van der Waals surface area contributed by atoms with Crippen LogP contribution in [0.15, 0.2) is 97.8 Å². The van der Waals surface area contributed by atoms with E-state index >= 15 is 4.39 Å². The number of halogens is 1. The normalized spacial score (nSPS) is 10.3. The Morgan fingerprint density at radius 1 is 1.00 bits per heavy atom. The molecule has 0 bridgehead atoms. The summed E-state index contributed by atoms with van der Waals surface area (Å²) >= 11 is 0. The first-order chi connectivity index (χ1) is 18.4. The molecule has 0 saturated heterocycles. The van der Waals surface area contributed by atoms with Crippen molar-refractivity contribution in [1.29, 1.82) is 0 Å². The third-order valence-corrected chi connectivity index (χ3v) is 5.65. The SMILES string of the molecule is C=CC(=O)Nc1cccc(N(C=O)c2ccncc2N(C)c2ccc(Oc3cccc(OC)c3)c(F)c2)c1. The van der Waals surface area contributed by atoms with E-state index in [-0.39, 0.29) is 11.7 Å². The van der Waals surface area contributed by atoms with E-state index in [2.05, 4.69) is 16.9 Å². The zero-order chi connectivity index (χ0) is 27.1. The van der Waals surface area contributed by atoms with Crippen LogP contribution in [0, 0.1) is 5.82 Å². The molecule has 0 fully saturated rings. The number of carbonyl (C=O) groups excluding carboxylic acids is 2. The van der Waals surface area contributed by atoms with Crippen molar-refractivity contribution < 1.29 is 23.5 Å². The summed E-state index contributed by atoms with van der Waals surface area (Å²) in [4.78, 5) is 31.3. The summed E-state index contributed by atoms with van der Waals surface area (Å²) < 4.78 is 25.9. The van der Waals surface area contributed by atoms with Crippen LogP contribution in [0.3, 0.4) is 0 Å². The van der Waals surface area contributed by atoms with Crippen LogP contribution < -0.4 is 24.6 Å². The first kappa shape index (κ1) is 25.9. The van der Waals surface area contributed by atoms with Crippen LogP contribution in [0.5, 0.6) is 17.2 Å². The maximum atomic E-state index is 15.1. The lowest BCUT2D eigenvalue weighted by molar-refractivity contribution is -0.112. The highest BCUT2D eigenvalue weighted by molar-refractivity contribution is 6.00. The number of carbonyl (C=O) groups is 2. The van der Waals surface area contributed by atoms with Gasteiger partial charge in [0.2, 0.25) is 12.3 Å². The molecule has 4 rings (SSSR count). The Labute approximate surface area is 219 Å². The van der Waals surface area contributed by atoms with Crippen LogP contribution in [0.1, 0.15) is 0 Å². The number of hydrogen-bond donors (Lipinski definition) is 1. The molecule has 38 heavy (non-hydrogen) atoms. The molecule has 2 amide bonds. The number of benzene rings is 3. The van der Waals surface area contributed by atoms with Crippen molar-refractivity contribution in [3.8, 4) is 17.2 Å². The number of nitrogens with zero attached hydrogens (tertiary/aromatic N) is 3. The van der Waals surface area contributed by atoms with Gasteiger partial charge in [-0.15, -0.1) is 0 Å². The van der Waals surface area contributed by atoms with Gasteiger partial charge < -0.3 is 19.7 Å².